The molecule has 0 radical (unpaired) electrons. The van der Waals surface area contributed by atoms with Gasteiger partial charge >= 0.3 is 0 Å². The van der Waals surface area contributed by atoms with Gasteiger partial charge in [0.15, 0.2) is 0 Å². The molecule has 3 heteroatoms. The van der Waals surface area contributed by atoms with Crippen LogP contribution in [0.3, 0.4) is 0 Å². The third kappa shape index (κ3) is 1.72. The number of fused-ring (bicyclic) bond motifs is 7. The molecule has 3 nitrogen and oxygen atoms in total. The summed E-state index contributed by atoms with van der Waals surface area (Å²) < 4.78 is 0. The number of H-pyrrole nitrogens is 1. The van der Waals surface area contributed by atoms with E-state index in [9.17, 15) is 5.11 Å². The van der Waals surface area contributed by atoms with E-state index < -0.39 is 0 Å². The molecule has 3 aliphatic carbocycles. The monoisotopic (exact) mass is 308 g/mol. The van der Waals surface area contributed by atoms with Crippen LogP contribution in [0.4, 0.5) is 0 Å². The molecular weight excluding hydrogens is 284 g/mol. The molecule has 1 saturated carbocycles. The van der Waals surface area contributed by atoms with Crippen molar-refractivity contribution in [2.45, 2.75) is 57.0 Å². The number of nitrogens with one attached hydrogen (secondary N) is 1. The largest absolute Gasteiger partial charge is 0.390 e. The zero-order valence-corrected chi connectivity index (χ0v) is 13.7. The van der Waals surface area contributed by atoms with Crippen molar-refractivity contribution in [3.63, 3.8) is 0 Å². The smallest absolute Gasteiger partial charge is 0.0850 e. The van der Waals surface area contributed by atoms with E-state index in [1.807, 2.05) is 0 Å². The fourth-order valence-electron chi connectivity index (χ4n) is 5.96. The molecule has 0 saturated heterocycles. The highest BCUT2D eigenvalue weighted by atomic mass is 16.3. The number of hydrogen-bond donors (Lipinski definition) is 2. The molecule has 2 N–H and O–H groups in total. The van der Waals surface area contributed by atoms with Crippen molar-refractivity contribution in [2.24, 2.45) is 11.8 Å². The molecule has 5 rings (SSSR count). The van der Waals surface area contributed by atoms with Gasteiger partial charge in [-0.25, -0.2) is 0 Å². The Balaban J connectivity index is 1.56. The first-order valence-corrected chi connectivity index (χ1v) is 8.97. The van der Waals surface area contributed by atoms with Crippen molar-refractivity contribution in [3.8, 4) is 0 Å². The van der Waals surface area contributed by atoms with Gasteiger partial charge in [0.05, 0.1) is 18.0 Å². The van der Waals surface area contributed by atoms with E-state index in [0.717, 1.165) is 24.0 Å². The van der Waals surface area contributed by atoms with E-state index in [-0.39, 0.29) is 12.0 Å². The highest BCUT2D eigenvalue weighted by Gasteiger charge is 2.54. The predicted molar refractivity (Wildman–Crippen MR) is 89.3 cm³/mol. The first-order valence-electron chi connectivity index (χ1n) is 8.97. The third-order valence-electron chi connectivity index (χ3n) is 7.10. The van der Waals surface area contributed by atoms with Gasteiger partial charge in [0.2, 0.25) is 0 Å². The molecule has 0 spiro atoms. The summed E-state index contributed by atoms with van der Waals surface area (Å²) in [6.45, 7) is 2.50. The van der Waals surface area contributed by atoms with Crippen LogP contribution in [-0.4, -0.2) is 15.3 Å². The maximum absolute atomic E-state index is 9.60. The van der Waals surface area contributed by atoms with Crippen LogP contribution in [0.1, 0.15) is 60.2 Å². The molecule has 0 amide bonds. The van der Waals surface area contributed by atoms with Crippen molar-refractivity contribution < 1.29 is 5.11 Å². The van der Waals surface area contributed by atoms with Gasteiger partial charge in [-0.2, -0.15) is 5.10 Å². The lowest BCUT2D eigenvalue weighted by Crippen LogP contribution is -2.43. The normalized spacial score (nSPS) is 34.4. The summed E-state index contributed by atoms with van der Waals surface area (Å²) in [6, 6.07) is 9.08. The summed E-state index contributed by atoms with van der Waals surface area (Å²) in [6.07, 6.45) is 6.12. The fraction of sp³-hybridized carbons (Fsp3) is 0.550. The number of nitrogens with zero attached hydrogens (tertiary/aromatic N) is 1. The second kappa shape index (κ2) is 4.70. The molecule has 3 aliphatic rings. The minimum absolute atomic E-state index is 0.0854. The van der Waals surface area contributed by atoms with Crippen LogP contribution in [0.2, 0.25) is 0 Å². The Morgan fingerprint density at radius 3 is 3.04 bits per heavy atom. The Morgan fingerprint density at radius 2 is 2.17 bits per heavy atom. The van der Waals surface area contributed by atoms with Crippen LogP contribution >= 0.6 is 0 Å². The van der Waals surface area contributed by atoms with Crippen LogP contribution < -0.4 is 0 Å². The van der Waals surface area contributed by atoms with Crippen molar-refractivity contribution >= 4 is 0 Å². The summed E-state index contributed by atoms with van der Waals surface area (Å²) >= 11 is 0. The SMILES string of the molecule is C[C@]12CCC3c4ccccc4CCC3C1Cc1c2n[nH]c1CO. The van der Waals surface area contributed by atoms with Gasteiger partial charge in [-0.1, -0.05) is 31.2 Å². The third-order valence-corrected chi connectivity index (χ3v) is 7.10. The van der Waals surface area contributed by atoms with Crippen molar-refractivity contribution in [1.29, 1.82) is 0 Å². The quantitative estimate of drug-likeness (QED) is 0.847. The van der Waals surface area contributed by atoms with E-state index in [4.69, 9.17) is 0 Å². The van der Waals surface area contributed by atoms with Gasteiger partial charge in [0, 0.05) is 5.41 Å². The maximum atomic E-state index is 9.60. The summed E-state index contributed by atoms with van der Waals surface area (Å²) in [5.74, 6) is 2.18. The average molecular weight is 308 g/mol. The number of aliphatic hydroxyl groups excluding tert-OH is 1. The Hall–Kier alpha value is -1.61. The van der Waals surface area contributed by atoms with E-state index in [1.165, 1.54) is 36.9 Å². The van der Waals surface area contributed by atoms with Crippen molar-refractivity contribution in [2.75, 3.05) is 0 Å². The Bertz CT molecular complexity index is 765. The summed E-state index contributed by atoms with van der Waals surface area (Å²) in [4.78, 5) is 0. The number of aromatic amines is 1. The van der Waals surface area contributed by atoms with Crippen LogP contribution in [0.5, 0.6) is 0 Å². The standard InChI is InChI=1S/C20H24N2O/c1-20-9-8-14-13-5-3-2-4-12(13)6-7-15(14)17(20)10-16-18(11-23)21-22-19(16)20/h2-5,14-15,17,23H,6-11H2,1H3,(H,21,22)/t14?,15?,17?,20-/m0/s1. The number of rotatable bonds is 1. The van der Waals surface area contributed by atoms with Gasteiger partial charge in [0.1, 0.15) is 0 Å². The molecule has 0 aliphatic heterocycles. The Labute approximate surface area is 137 Å². The lowest BCUT2D eigenvalue weighted by atomic mass is 9.55. The predicted octanol–water partition coefficient (Wildman–Crippen LogP) is 3.47. The van der Waals surface area contributed by atoms with Gasteiger partial charge in [-0.3, -0.25) is 5.10 Å². The molecule has 0 bridgehead atoms. The van der Waals surface area contributed by atoms with Gasteiger partial charge in [0.25, 0.3) is 0 Å². The lowest BCUT2D eigenvalue weighted by Gasteiger charge is -2.49. The molecule has 23 heavy (non-hydrogen) atoms. The zero-order valence-electron chi connectivity index (χ0n) is 13.7. The van der Waals surface area contributed by atoms with Gasteiger partial charge < -0.3 is 5.11 Å². The van der Waals surface area contributed by atoms with E-state index in [1.54, 1.807) is 11.1 Å². The topological polar surface area (TPSA) is 48.9 Å². The minimum atomic E-state index is 0.0854. The lowest BCUT2D eigenvalue weighted by molar-refractivity contribution is 0.103. The summed E-state index contributed by atoms with van der Waals surface area (Å²) in [5, 5.41) is 17.3. The second-order valence-electron chi connectivity index (χ2n) is 7.96. The maximum Gasteiger partial charge on any atom is 0.0850 e. The zero-order chi connectivity index (χ0) is 15.6. The average Bonchev–Trinajstić information content (AvgIpc) is 3.12. The van der Waals surface area contributed by atoms with Crippen molar-refractivity contribution in [3.05, 3.63) is 52.3 Å². The summed E-state index contributed by atoms with van der Waals surface area (Å²) in [7, 11) is 0. The fourth-order valence-corrected chi connectivity index (χ4v) is 5.96. The summed E-state index contributed by atoms with van der Waals surface area (Å²) in [5.41, 5.74) is 6.91. The van der Waals surface area contributed by atoms with Gasteiger partial charge in [-0.15, -0.1) is 0 Å². The number of benzene rings is 1. The number of aryl methyl sites for hydroxylation is 1. The van der Waals surface area contributed by atoms with Crippen molar-refractivity contribution in [1.82, 2.24) is 10.2 Å². The van der Waals surface area contributed by atoms with E-state index in [2.05, 4.69) is 41.4 Å². The molecule has 1 aromatic carbocycles. The first-order chi connectivity index (χ1) is 11.2. The van der Waals surface area contributed by atoms with Crippen LogP contribution in [0.25, 0.3) is 0 Å². The molecule has 2 aromatic rings. The second-order valence-corrected chi connectivity index (χ2v) is 7.96. The molecular formula is C20H24N2O. The molecule has 3 unspecified atom stereocenters. The minimum Gasteiger partial charge on any atom is -0.390 e. The molecule has 1 fully saturated rings. The van der Waals surface area contributed by atoms with Crippen LogP contribution in [-0.2, 0) is 24.9 Å². The van der Waals surface area contributed by atoms with E-state index >= 15 is 0 Å². The van der Waals surface area contributed by atoms with E-state index in [0.29, 0.717) is 5.92 Å². The highest BCUT2D eigenvalue weighted by molar-refractivity contribution is 5.42. The number of aliphatic hydroxyl groups is 1. The number of aromatic nitrogens is 2. The first kappa shape index (κ1) is 13.8. The molecule has 120 valence electrons. The Kier molecular flexibility index (Phi) is 2.82. The van der Waals surface area contributed by atoms with Crippen LogP contribution in [0, 0.1) is 11.8 Å². The number of hydrogen-bond acceptors (Lipinski definition) is 2. The van der Waals surface area contributed by atoms with Gasteiger partial charge in [-0.05, 0) is 66.5 Å². The molecule has 4 atom stereocenters. The highest BCUT2D eigenvalue weighted by Crippen LogP contribution is 2.59. The molecule has 1 heterocycles. The van der Waals surface area contributed by atoms with Crippen LogP contribution in [0.15, 0.2) is 24.3 Å². The Morgan fingerprint density at radius 1 is 1.30 bits per heavy atom. The molecule has 1 aromatic heterocycles.